The Balaban J connectivity index is 1.30. The highest BCUT2D eigenvalue weighted by Gasteiger charge is 2.31. The summed E-state index contributed by atoms with van der Waals surface area (Å²) < 4.78 is 5.23. The molecule has 0 aliphatic carbocycles. The minimum Gasteiger partial charge on any atom is -0.861 e. The maximum absolute atomic E-state index is 13.2. The summed E-state index contributed by atoms with van der Waals surface area (Å²) in [5.41, 5.74) is 1.99. The topological polar surface area (TPSA) is 101 Å². The van der Waals surface area contributed by atoms with E-state index in [1.54, 1.807) is 23.1 Å². The number of amidine groups is 1. The molecule has 188 valence electrons. The van der Waals surface area contributed by atoms with Crippen molar-refractivity contribution < 1.29 is 19.2 Å². The summed E-state index contributed by atoms with van der Waals surface area (Å²) in [5, 5.41) is 19.1. The molecular formula is C27H26N6O3S. The van der Waals surface area contributed by atoms with E-state index in [9.17, 15) is 9.90 Å². The second-order valence-corrected chi connectivity index (χ2v) is 9.40. The van der Waals surface area contributed by atoms with Crippen LogP contribution in [-0.2, 0) is 4.79 Å². The van der Waals surface area contributed by atoms with Crippen LogP contribution in [0.2, 0.25) is 0 Å². The average Bonchev–Trinajstić information content (AvgIpc) is 3.53. The second-order valence-electron chi connectivity index (χ2n) is 8.46. The van der Waals surface area contributed by atoms with Crippen LogP contribution < -0.4 is 19.8 Å². The largest absolute Gasteiger partial charge is 0.861 e. The van der Waals surface area contributed by atoms with Gasteiger partial charge in [-0.3, -0.25) is 14.2 Å². The highest BCUT2D eigenvalue weighted by atomic mass is 32.2. The molecule has 0 unspecified atom stereocenters. The van der Waals surface area contributed by atoms with E-state index in [-0.39, 0.29) is 17.5 Å². The number of nitrogens with zero attached hydrogens (tertiary/aromatic N) is 6. The number of anilines is 1. The van der Waals surface area contributed by atoms with Gasteiger partial charge in [0.1, 0.15) is 5.70 Å². The minimum absolute atomic E-state index is 0.00695. The van der Waals surface area contributed by atoms with Gasteiger partial charge in [0, 0.05) is 5.75 Å². The molecule has 0 bridgehead atoms. The van der Waals surface area contributed by atoms with Gasteiger partial charge in [0.25, 0.3) is 12.1 Å². The zero-order valence-electron chi connectivity index (χ0n) is 20.1. The summed E-state index contributed by atoms with van der Waals surface area (Å²) >= 11 is 1.15. The lowest BCUT2D eigenvalue weighted by atomic mass is 10.2. The first-order valence-corrected chi connectivity index (χ1v) is 13.1. The van der Waals surface area contributed by atoms with Crippen LogP contribution in [0.1, 0.15) is 24.8 Å². The number of aromatic nitrogens is 2. The van der Waals surface area contributed by atoms with Crippen molar-refractivity contribution in [3.63, 3.8) is 0 Å². The minimum atomic E-state index is -0.406. The monoisotopic (exact) mass is 514 g/mol. The third-order valence-electron chi connectivity index (χ3n) is 5.81. The zero-order chi connectivity index (χ0) is 25.5. The molecule has 0 radical (unpaired) electrons. The number of hydrogen-bond donors (Lipinski definition) is 0. The van der Waals surface area contributed by atoms with Crippen molar-refractivity contribution in [2.75, 3.05) is 28.8 Å². The molecule has 9 nitrogen and oxygen atoms in total. The number of aliphatic imine (C=N–C) groups is 2. The highest BCUT2D eigenvalue weighted by Crippen LogP contribution is 2.28. The molecule has 5 rings (SSSR count). The Morgan fingerprint density at radius 3 is 2.57 bits per heavy atom. The molecule has 0 atom stereocenters. The maximum atomic E-state index is 13.2. The first kappa shape index (κ1) is 24.5. The smallest absolute Gasteiger partial charge is 0.324 e. The molecule has 1 fully saturated rings. The maximum Gasteiger partial charge on any atom is 0.324 e. The first-order chi connectivity index (χ1) is 18.2. The summed E-state index contributed by atoms with van der Waals surface area (Å²) in [6.45, 7) is 1.78. The Bertz CT molecular complexity index is 1340. The van der Waals surface area contributed by atoms with Crippen LogP contribution in [0.5, 0.6) is 0 Å². The zero-order valence-corrected chi connectivity index (χ0v) is 21.0. The van der Waals surface area contributed by atoms with E-state index in [0.29, 0.717) is 16.6 Å². The predicted molar refractivity (Wildman–Crippen MR) is 143 cm³/mol. The van der Waals surface area contributed by atoms with Crippen LogP contribution in [0.25, 0.3) is 6.08 Å². The Hall–Kier alpha value is -4.18. The van der Waals surface area contributed by atoms with Crippen LogP contribution in [0.3, 0.4) is 0 Å². The fourth-order valence-electron chi connectivity index (χ4n) is 4.00. The van der Waals surface area contributed by atoms with Gasteiger partial charge in [0.2, 0.25) is 5.27 Å². The molecule has 10 heteroatoms. The van der Waals surface area contributed by atoms with Crippen LogP contribution >= 0.6 is 11.8 Å². The quantitative estimate of drug-likeness (QED) is 0.208. The summed E-state index contributed by atoms with van der Waals surface area (Å²) in [6.07, 6.45) is 10.4. The van der Waals surface area contributed by atoms with E-state index in [2.05, 4.69) is 20.3 Å². The Morgan fingerprint density at radius 1 is 1.08 bits per heavy atom. The predicted octanol–water partition coefficient (Wildman–Crippen LogP) is 3.21. The van der Waals surface area contributed by atoms with Gasteiger partial charge in [0.15, 0.2) is 5.17 Å². The van der Waals surface area contributed by atoms with Crippen LogP contribution in [0, 0.1) is 0 Å². The van der Waals surface area contributed by atoms with E-state index in [1.165, 1.54) is 11.3 Å². The lowest BCUT2D eigenvalue weighted by Crippen LogP contribution is -2.60. The third-order valence-corrected chi connectivity index (χ3v) is 6.74. The number of allylic oxidation sites excluding steroid dienone is 2. The molecule has 2 aliphatic rings. The van der Waals surface area contributed by atoms with Crippen molar-refractivity contribution in [3.8, 4) is 0 Å². The molecule has 3 aromatic rings. The number of thioether (sulfide) groups is 1. The van der Waals surface area contributed by atoms with Gasteiger partial charge in [0.05, 0.1) is 23.6 Å². The summed E-state index contributed by atoms with van der Waals surface area (Å²) in [7, 11) is 0. The molecule has 2 aliphatic heterocycles. The van der Waals surface area contributed by atoms with Crippen molar-refractivity contribution in [3.05, 3.63) is 90.3 Å². The van der Waals surface area contributed by atoms with Gasteiger partial charge >= 0.3 is 5.88 Å². The standard InChI is InChI=1S/C27H26N6O3S/c34-24(29-25-19-32(30-36-25)31-17-8-3-9-18-31)20-37-27-28-23(16-10-13-21-11-4-1-5-12-21)26(35)33(27)22-14-6-2-7-15-22/h1-2,4-7,10-16,19H,3,8-9,17-18,20H2/b13-10+,23-16+. The molecule has 1 aromatic heterocycles. The SMILES string of the molecule is O=C1/C(=C\C=C\c2ccccc2)N=C(SC/C([O-])=N\c2c[n+](N3CCCCC3)no2)N1c1ccccc1. The van der Waals surface area contributed by atoms with Gasteiger partial charge in [-0.2, -0.15) is 5.01 Å². The summed E-state index contributed by atoms with van der Waals surface area (Å²) in [4.78, 5) is 24.9. The Morgan fingerprint density at radius 2 is 1.81 bits per heavy atom. The van der Waals surface area contributed by atoms with Crippen LogP contribution in [-0.4, -0.2) is 41.1 Å². The van der Waals surface area contributed by atoms with Crippen LogP contribution in [0.15, 0.2) is 99.2 Å². The van der Waals surface area contributed by atoms with Crippen LogP contribution in [0.4, 0.5) is 11.6 Å². The van der Waals surface area contributed by atoms with Gasteiger partial charge in [-0.05, 0) is 48.9 Å². The van der Waals surface area contributed by atoms with E-state index in [4.69, 9.17) is 4.52 Å². The number of para-hydroxylation sites is 1. The van der Waals surface area contributed by atoms with E-state index in [1.807, 2.05) is 66.7 Å². The third kappa shape index (κ3) is 6.15. The normalized spacial score (nSPS) is 17.7. The Labute approximate surface area is 219 Å². The number of hydrogen-bond acceptors (Lipinski definition) is 8. The number of rotatable bonds is 7. The fraction of sp³-hybridized carbons (Fsp3) is 0.222. The van der Waals surface area contributed by atoms with E-state index < -0.39 is 5.90 Å². The molecular weight excluding hydrogens is 488 g/mol. The molecule has 1 amide bonds. The number of piperidine rings is 1. The van der Waals surface area contributed by atoms with Crippen molar-refractivity contribution >= 4 is 46.4 Å². The Kier molecular flexibility index (Phi) is 7.75. The lowest BCUT2D eigenvalue weighted by molar-refractivity contribution is -0.759. The summed E-state index contributed by atoms with van der Waals surface area (Å²) in [5.74, 6) is -0.523. The van der Waals surface area contributed by atoms with Crippen molar-refractivity contribution in [2.24, 2.45) is 9.98 Å². The second kappa shape index (κ2) is 11.7. The van der Waals surface area contributed by atoms with Gasteiger partial charge in [-0.15, -0.1) is 0 Å². The van der Waals surface area contributed by atoms with E-state index >= 15 is 0 Å². The number of carbonyl (C=O) groups excluding carboxylic acids is 1. The highest BCUT2D eigenvalue weighted by molar-refractivity contribution is 8.14. The molecule has 0 N–H and O–H groups in total. The lowest BCUT2D eigenvalue weighted by Gasteiger charge is -2.18. The van der Waals surface area contributed by atoms with Gasteiger partial charge in [-0.1, -0.05) is 72.4 Å². The van der Waals surface area contributed by atoms with Gasteiger partial charge in [-0.25, -0.2) is 9.98 Å². The fourth-order valence-corrected chi connectivity index (χ4v) is 4.80. The van der Waals surface area contributed by atoms with Crippen molar-refractivity contribution in [1.29, 1.82) is 0 Å². The number of carbonyl (C=O) groups is 1. The van der Waals surface area contributed by atoms with Gasteiger partial charge < -0.3 is 5.11 Å². The first-order valence-electron chi connectivity index (χ1n) is 12.1. The molecule has 1 saturated heterocycles. The molecule has 37 heavy (non-hydrogen) atoms. The van der Waals surface area contributed by atoms with Crippen molar-refractivity contribution in [2.45, 2.75) is 19.3 Å². The number of amides is 1. The average molecular weight is 515 g/mol. The molecule has 2 aromatic carbocycles. The molecule has 0 saturated carbocycles. The molecule has 3 heterocycles. The summed E-state index contributed by atoms with van der Waals surface area (Å²) in [6, 6.07) is 19.0. The number of benzene rings is 2. The van der Waals surface area contributed by atoms with Crippen molar-refractivity contribution in [1.82, 2.24) is 5.27 Å². The van der Waals surface area contributed by atoms with E-state index in [0.717, 1.165) is 43.3 Å². The molecule has 0 spiro atoms.